The molecule has 0 radical (unpaired) electrons. The van der Waals surface area contributed by atoms with Crippen LogP contribution in [0.5, 0.6) is 0 Å². The van der Waals surface area contributed by atoms with Gasteiger partial charge in [0.25, 0.3) is 0 Å². The van der Waals surface area contributed by atoms with Gasteiger partial charge in [0.2, 0.25) is 0 Å². The third kappa shape index (κ3) is 3.42. The van der Waals surface area contributed by atoms with Crippen LogP contribution >= 0.6 is 0 Å². The third-order valence-electron chi connectivity index (χ3n) is 8.72. The first kappa shape index (κ1) is 22.6. The molecule has 1 saturated heterocycles. The Bertz CT molecular complexity index is 538. The molecule has 158 valence electrons. The van der Waals surface area contributed by atoms with E-state index in [1.807, 2.05) is 0 Å². The predicted octanol–water partition coefficient (Wildman–Crippen LogP) is 6.18. The van der Waals surface area contributed by atoms with Crippen LogP contribution in [0.3, 0.4) is 0 Å². The monoisotopic (exact) mass is 378 g/mol. The van der Waals surface area contributed by atoms with Crippen LogP contribution < -0.4 is 5.32 Å². The van der Waals surface area contributed by atoms with Crippen molar-refractivity contribution in [2.24, 2.45) is 41.4 Å². The molecule has 2 fully saturated rings. The Balaban J connectivity index is 2.73. The zero-order valence-corrected chi connectivity index (χ0v) is 19.9. The van der Waals surface area contributed by atoms with Crippen molar-refractivity contribution < 1.29 is 4.79 Å². The molecule has 2 rings (SSSR count). The summed E-state index contributed by atoms with van der Waals surface area (Å²) in [7, 11) is 0. The van der Waals surface area contributed by atoms with Gasteiger partial charge in [0, 0.05) is 17.1 Å². The number of nitrogens with zero attached hydrogens (tertiary/aromatic N) is 1. The number of carbonyl (C=O) groups is 1. The summed E-state index contributed by atoms with van der Waals surface area (Å²) in [6, 6.07) is 0.478. The van der Waals surface area contributed by atoms with Crippen molar-refractivity contribution in [2.45, 2.75) is 106 Å². The van der Waals surface area contributed by atoms with Gasteiger partial charge in [-0.1, -0.05) is 61.8 Å². The maximum atomic E-state index is 13.8. The molecular weight excluding hydrogens is 332 g/mol. The molecule has 0 aromatic carbocycles. The summed E-state index contributed by atoms with van der Waals surface area (Å²) in [6.45, 7) is 25.5. The second-order valence-electron chi connectivity index (χ2n) is 11.2. The highest BCUT2D eigenvalue weighted by atomic mass is 16.2. The van der Waals surface area contributed by atoms with Crippen molar-refractivity contribution in [2.75, 3.05) is 0 Å². The highest BCUT2D eigenvalue weighted by Gasteiger charge is 2.60. The average molecular weight is 379 g/mol. The molecule has 6 unspecified atom stereocenters. The van der Waals surface area contributed by atoms with Gasteiger partial charge in [-0.2, -0.15) is 0 Å². The molecular formula is C24H46N2O. The van der Waals surface area contributed by atoms with Crippen LogP contribution in [0.25, 0.3) is 0 Å². The van der Waals surface area contributed by atoms with Crippen LogP contribution in [-0.2, 0) is 0 Å². The van der Waals surface area contributed by atoms with E-state index in [1.54, 1.807) is 0 Å². The van der Waals surface area contributed by atoms with Gasteiger partial charge in [-0.25, -0.2) is 4.79 Å². The molecule has 27 heavy (non-hydrogen) atoms. The molecule has 0 bridgehead atoms. The highest BCUT2D eigenvalue weighted by molar-refractivity contribution is 5.77. The number of rotatable bonds is 5. The first-order chi connectivity index (χ1) is 12.3. The summed E-state index contributed by atoms with van der Waals surface area (Å²) >= 11 is 0. The summed E-state index contributed by atoms with van der Waals surface area (Å²) < 4.78 is 0. The Labute approximate surface area is 169 Å². The molecule has 2 amide bonds. The number of amides is 2. The van der Waals surface area contributed by atoms with E-state index in [0.29, 0.717) is 47.5 Å². The van der Waals surface area contributed by atoms with Crippen LogP contribution in [0.2, 0.25) is 0 Å². The van der Waals surface area contributed by atoms with Crippen molar-refractivity contribution in [3.8, 4) is 0 Å². The van der Waals surface area contributed by atoms with E-state index in [-0.39, 0.29) is 17.1 Å². The standard InChI is InChI=1S/C24H46N2O/c1-12-18-13-17(8)19-20(14(2)3)24(11,16(6)7)26(22(27)25-21(18)19)23(9,10)15(4)5/h14-21H,12-13H2,1-11H3,(H,25,27). The molecule has 1 aliphatic carbocycles. The minimum absolute atomic E-state index is 0.163. The normalized spacial score (nSPS) is 37.8. The van der Waals surface area contributed by atoms with Crippen LogP contribution in [0.1, 0.15) is 89.0 Å². The van der Waals surface area contributed by atoms with Crippen molar-refractivity contribution in [3.05, 3.63) is 0 Å². The zero-order valence-electron chi connectivity index (χ0n) is 19.9. The molecule has 6 atom stereocenters. The van der Waals surface area contributed by atoms with Gasteiger partial charge in [0.15, 0.2) is 0 Å². The molecule has 0 spiro atoms. The molecule has 3 nitrogen and oxygen atoms in total. The molecule has 0 aromatic rings. The Morgan fingerprint density at radius 3 is 2.15 bits per heavy atom. The maximum Gasteiger partial charge on any atom is 0.318 e. The fraction of sp³-hybridized carbons (Fsp3) is 0.958. The largest absolute Gasteiger partial charge is 0.335 e. The van der Waals surface area contributed by atoms with E-state index in [2.05, 4.69) is 86.4 Å². The lowest BCUT2D eigenvalue weighted by Gasteiger charge is -2.58. The van der Waals surface area contributed by atoms with Crippen molar-refractivity contribution in [1.29, 1.82) is 0 Å². The van der Waals surface area contributed by atoms with E-state index in [9.17, 15) is 4.79 Å². The summed E-state index contributed by atoms with van der Waals surface area (Å²) in [5.41, 5.74) is -0.359. The van der Waals surface area contributed by atoms with E-state index >= 15 is 0 Å². The van der Waals surface area contributed by atoms with Gasteiger partial charge in [0.1, 0.15) is 0 Å². The van der Waals surface area contributed by atoms with E-state index < -0.39 is 0 Å². The topological polar surface area (TPSA) is 32.3 Å². The number of hydrogen-bond acceptors (Lipinski definition) is 1. The molecule has 3 heteroatoms. The van der Waals surface area contributed by atoms with Gasteiger partial charge in [-0.3, -0.25) is 0 Å². The Kier molecular flexibility index (Phi) is 6.35. The Hall–Kier alpha value is -0.730. The quantitative estimate of drug-likeness (QED) is 0.608. The number of fused-ring (bicyclic) bond motifs is 1. The van der Waals surface area contributed by atoms with Gasteiger partial charge < -0.3 is 10.2 Å². The number of nitrogens with one attached hydrogen (secondary N) is 1. The smallest absolute Gasteiger partial charge is 0.318 e. The molecule has 0 aromatic heterocycles. The fourth-order valence-corrected chi connectivity index (χ4v) is 6.53. The van der Waals surface area contributed by atoms with Crippen LogP contribution in [-0.4, -0.2) is 28.1 Å². The lowest BCUT2D eigenvalue weighted by molar-refractivity contribution is -0.0658. The summed E-state index contributed by atoms with van der Waals surface area (Å²) in [4.78, 5) is 16.1. The minimum atomic E-state index is -0.195. The Morgan fingerprint density at radius 2 is 1.74 bits per heavy atom. The van der Waals surface area contributed by atoms with Crippen molar-refractivity contribution >= 4 is 6.03 Å². The molecule has 2 aliphatic rings. The highest BCUT2D eigenvalue weighted by Crippen LogP contribution is 2.54. The van der Waals surface area contributed by atoms with Gasteiger partial charge in [0.05, 0.1) is 0 Å². The first-order valence-corrected chi connectivity index (χ1v) is 11.4. The SMILES string of the molecule is CCC1CC(C)C2C1NC(=O)N(C(C)(C)C(C)C)C(C)(C(C)C)C2C(C)C. The molecule has 1 aliphatic heterocycles. The van der Waals surface area contributed by atoms with E-state index in [0.717, 1.165) is 6.42 Å². The summed E-state index contributed by atoms with van der Waals surface area (Å²) in [5, 5.41) is 3.57. The van der Waals surface area contributed by atoms with Gasteiger partial charge in [-0.15, -0.1) is 0 Å². The average Bonchev–Trinajstić information content (AvgIpc) is 2.76. The lowest BCUT2D eigenvalue weighted by Crippen LogP contribution is -2.67. The summed E-state index contributed by atoms with van der Waals surface area (Å²) in [6.07, 6.45) is 2.40. The van der Waals surface area contributed by atoms with Crippen LogP contribution in [0, 0.1) is 41.4 Å². The number of carbonyl (C=O) groups excluding carboxylic acids is 1. The maximum absolute atomic E-state index is 13.8. The van der Waals surface area contributed by atoms with E-state index in [4.69, 9.17) is 0 Å². The second-order valence-corrected chi connectivity index (χ2v) is 11.2. The lowest BCUT2D eigenvalue weighted by atomic mass is 9.61. The fourth-order valence-electron chi connectivity index (χ4n) is 6.53. The predicted molar refractivity (Wildman–Crippen MR) is 116 cm³/mol. The van der Waals surface area contributed by atoms with Crippen LogP contribution in [0.15, 0.2) is 0 Å². The van der Waals surface area contributed by atoms with Crippen molar-refractivity contribution in [3.63, 3.8) is 0 Å². The van der Waals surface area contributed by atoms with E-state index in [1.165, 1.54) is 6.42 Å². The minimum Gasteiger partial charge on any atom is -0.335 e. The number of urea groups is 1. The van der Waals surface area contributed by atoms with Crippen LogP contribution in [0.4, 0.5) is 4.79 Å². The summed E-state index contributed by atoms with van der Waals surface area (Å²) in [5.74, 6) is 3.65. The molecule has 1 N–H and O–H groups in total. The Morgan fingerprint density at radius 1 is 1.19 bits per heavy atom. The van der Waals surface area contributed by atoms with Gasteiger partial charge in [-0.05, 0) is 68.6 Å². The second kappa shape index (κ2) is 7.59. The first-order valence-electron chi connectivity index (χ1n) is 11.4. The molecule has 1 heterocycles. The van der Waals surface area contributed by atoms with Gasteiger partial charge >= 0.3 is 6.03 Å². The third-order valence-corrected chi connectivity index (χ3v) is 8.72. The van der Waals surface area contributed by atoms with Crippen molar-refractivity contribution in [1.82, 2.24) is 10.2 Å². The number of hydrogen-bond donors (Lipinski definition) is 1. The zero-order chi connectivity index (χ0) is 20.9. The molecule has 1 saturated carbocycles.